The normalized spacial score (nSPS) is 15.6. The van der Waals surface area contributed by atoms with E-state index in [1.807, 2.05) is 47.8 Å². The zero-order chi connectivity index (χ0) is 17.8. The number of likely N-dealkylation sites (tertiary alicyclic amines) is 1. The van der Waals surface area contributed by atoms with Crippen LogP contribution in [0.4, 0.5) is 0 Å². The highest BCUT2D eigenvalue weighted by Crippen LogP contribution is 2.23. The molecule has 1 amide bonds. The van der Waals surface area contributed by atoms with Crippen molar-refractivity contribution < 1.29 is 4.79 Å². The third kappa shape index (κ3) is 3.88. The van der Waals surface area contributed by atoms with E-state index in [0.717, 1.165) is 50.3 Å². The Morgan fingerprint density at radius 2 is 2.12 bits per heavy atom. The number of benzene rings is 1. The van der Waals surface area contributed by atoms with Crippen LogP contribution < -0.4 is 5.32 Å². The van der Waals surface area contributed by atoms with Crippen LogP contribution in [0.5, 0.6) is 0 Å². The molecule has 0 spiro atoms. The Bertz CT molecular complexity index is 735. The molecule has 1 aliphatic heterocycles. The molecule has 5 nitrogen and oxygen atoms in total. The number of carbonyl (C=O) groups excluding carboxylic acids is 1. The van der Waals surface area contributed by atoms with Gasteiger partial charge in [-0.15, -0.1) is 0 Å². The Kier molecular flexibility index (Phi) is 5.76. The smallest absolute Gasteiger partial charge is 0.257 e. The highest BCUT2D eigenvalue weighted by Gasteiger charge is 2.26. The first-order chi connectivity index (χ1) is 12.1. The Morgan fingerprint density at radius 3 is 2.76 bits per heavy atom. The quantitative estimate of drug-likeness (QED) is 0.891. The molecule has 0 radical (unpaired) electrons. The molecule has 3 rings (SSSR count). The van der Waals surface area contributed by atoms with Gasteiger partial charge < -0.3 is 10.2 Å². The van der Waals surface area contributed by atoms with Crippen LogP contribution in [0, 0.1) is 5.92 Å². The molecule has 1 aromatic carbocycles. The van der Waals surface area contributed by atoms with Crippen molar-refractivity contribution >= 4 is 17.5 Å². The predicted octanol–water partition coefficient (Wildman–Crippen LogP) is 3.16. The van der Waals surface area contributed by atoms with Crippen LogP contribution in [0.2, 0.25) is 5.02 Å². The number of aromatic nitrogens is 2. The zero-order valence-electron chi connectivity index (χ0n) is 14.8. The lowest BCUT2D eigenvalue weighted by Crippen LogP contribution is -2.40. The molecule has 1 aromatic heterocycles. The number of piperidine rings is 1. The van der Waals surface area contributed by atoms with Crippen molar-refractivity contribution in [1.82, 2.24) is 20.0 Å². The van der Waals surface area contributed by atoms with Crippen molar-refractivity contribution in [3.63, 3.8) is 0 Å². The van der Waals surface area contributed by atoms with Gasteiger partial charge in [0.15, 0.2) is 0 Å². The van der Waals surface area contributed by atoms with Gasteiger partial charge in [0.25, 0.3) is 5.91 Å². The van der Waals surface area contributed by atoms with Crippen LogP contribution in [0.3, 0.4) is 0 Å². The van der Waals surface area contributed by atoms with Crippen LogP contribution in [-0.4, -0.2) is 47.3 Å². The minimum absolute atomic E-state index is 0.0908. The molecule has 1 N–H and O–H groups in total. The predicted molar refractivity (Wildman–Crippen MR) is 101 cm³/mol. The third-order valence-corrected chi connectivity index (χ3v) is 5.12. The van der Waals surface area contributed by atoms with Crippen LogP contribution in [0.15, 0.2) is 30.5 Å². The van der Waals surface area contributed by atoms with Gasteiger partial charge in [-0.05, 0) is 57.0 Å². The summed E-state index contributed by atoms with van der Waals surface area (Å²) in [5.74, 6) is 0.752. The van der Waals surface area contributed by atoms with Gasteiger partial charge >= 0.3 is 0 Å². The van der Waals surface area contributed by atoms with Gasteiger partial charge in [-0.2, -0.15) is 5.10 Å². The van der Waals surface area contributed by atoms with Crippen LogP contribution in [0.1, 0.15) is 35.8 Å². The molecule has 0 aliphatic carbocycles. The molecule has 1 fully saturated rings. The average Bonchev–Trinajstić information content (AvgIpc) is 3.06. The summed E-state index contributed by atoms with van der Waals surface area (Å²) in [7, 11) is 1.98. The number of hydrogen-bond donors (Lipinski definition) is 1. The molecular weight excluding hydrogens is 336 g/mol. The molecule has 1 aliphatic rings. The van der Waals surface area contributed by atoms with Crippen LogP contribution in [0.25, 0.3) is 5.69 Å². The number of hydrogen-bond acceptors (Lipinski definition) is 3. The molecule has 2 aromatic rings. The van der Waals surface area contributed by atoms with Gasteiger partial charge in [-0.1, -0.05) is 24.6 Å². The van der Waals surface area contributed by atoms with E-state index in [0.29, 0.717) is 16.5 Å². The number of nitrogens with one attached hydrogen (secondary N) is 1. The van der Waals surface area contributed by atoms with E-state index in [9.17, 15) is 4.79 Å². The number of amides is 1. The fourth-order valence-electron chi connectivity index (χ4n) is 3.52. The van der Waals surface area contributed by atoms with E-state index in [4.69, 9.17) is 11.6 Å². The number of nitrogens with zero attached hydrogens (tertiary/aromatic N) is 3. The Balaban J connectivity index is 1.80. The van der Waals surface area contributed by atoms with E-state index in [2.05, 4.69) is 10.4 Å². The van der Waals surface area contributed by atoms with Gasteiger partial charge in [0, 0.05) is 18.1 Å². The van der Waals surface area contributed by atoms with Gasteiger partial charge in [0.05, 0.1) is 23.1 Å². The summed E-state index contributed by atoms with van der Waals surface area (Å²) in [6.45, 7) is 4.70. The highest BCUT2D eigenvalue weighted by atomic mass is 35.5. The fourth-order valence-corrected chi connectivity index (χ4v) is 3.71. The van der Waals surface area contributed by atoms with E-state index in [1.54, 1.807) is 6.20 Å². The van der Waals surface area contributed by atoms with E-state index in [-0.39, 0.29) is 5.91 Å². The zero-order valence-corrected chi connectivity index (χ0v) is 15.6. The highest BCUT2D eigenvalue weighted by molar-refractivity contribution is 6.30. The standard InChI is InChI=1S/C19H25ClN4O/c1-3-18-17(13-22-24(18)16-6-4-5-15(20)11-16)19(25)23-9-7-14(8-10-23)12-21-2/h4-6,11,13-14,21H,3,7-10,12H2,1-2H3. The molecule has 6 heteroatoms. The first-order valence-electron chi connectivity index (χ1n) is 8.90. The lowest BCUT2D eigenvalue weighted by atomic mass is 9.96. The maximum atomic E-state index is 13.0. The minimum atomic E-state index is 0.0908. The Morgan fingerprint density at radius 1 is 1.36 bits per heavy atom. The maximum Gasteiger partial charge on any atom is 0.257 e. The monoisotopic (exact) mass is 360 g/mol. The van der Waals surface area contributed by atoms with Crippen LogP contribution >= 0.6 is 11.6 Å². The maximum absolute atomic E-state index is 13.0. The third-order valence-electron chi connectivity index (χ3n) is 4.88. The van der Waals surface area contributed by atoms with Gasteiger partial charge in [-0.25, -0.2) is 4.68 Å². The second-order valence-corrected chi connectivity index (χ2v) is 6.98. The first-order valence-corrected chi connectivity index (χ1v) is 9.28. The summed E-state index contributed by atoms with van der Waals surface area (Å²) in [6, 6.07) is 7.55. The van der Waals surface area contributed by atoms with Gasteiger partial charge in [0.1, 0.15) is 0 Å². The van der Waals surface area contributed by atoms with Crippen molar-refractivity contribution in [2.45, 2.75) is 26.2 Å². The van der Waals surface area contributed by atoms with Crippen molar-refractivity contribution in [3.05, 3.63) is 46.7 Å². The SMILES string of the molecule is CCc1c(C(=O)N2CCC(CNC)CC2)cnn1-c1cccc(Cl)c1. The molecule has 0 saturated carbocycles. The molecule has 1 saturated heterocycles. The Labute approximate surface area is 154 Å². The summed E-state index contributed by atoms with van der Waals surface area (Å²) in [4.78, 5) is 14.9. The van der Waals surface area contributed by atoms with Crippen molar-refractivity contribution in [2.75, 3.05) is 26.7 Å². The number of halogens is 1. The summed E-state index contributed by atoms with van der Waals surface area (Å²) in [5, 5.41) is 8.35. The summed E-state index contributed by atoms with van der Waals surface area (Å²) >= 11 is 6.10. The molecule has 0 unspecified atom stereocenters. The molecule has 0 atom stereocenters. The van der Waals surface area contributed by atoms with E-state index >= 15 is 0 Å². The van der Waals surface area contributed by atoms with Crippen molar-refractivity contribution in [3.8, 4) is 5.69 Å². The average molecular weight is 361 g/mol. The number of rotatable bonds is 5. The molecular formula is C19H25ClN4O. The molecule has 0 bridgehead atoms. The molecule has 2 heterocycles. The molecule has 134 valence electrons. The minimum Gasteiger partial charge on any atom is -0.339 e. The topological polar surface area (TPSA) is 50.2 Å². The van der Waals surface area contributed by atoms with Crippen LogP contribution in [-0.2, 0) is 6.42 Å². The Hall–Kier alpha value is -1.85. The fraction of sp³-hybridized carbons (Fsp3) is 0.474. The van der Waals surface area contributed by atoms with E-state index in [1.165, 1.54) is 0 Å². The van der Waals surface area contributed by atoms with E-state index < -0.39 is 0 Å². The van der Waals surface area contributed by atoms with Crippen molar-refractivity contribution in [2.24, 2.45) is 5.92 Å². The number of carbonyl (C=O) groups is 1. The summed E-state index contributed by atoms with van der Waals surface area (Å²) in [6.07, 6.45) is 4.54. The lowest BCUT2D eigenvalue weighted by Gasteiger charge is -2.32. The lowest BCUT2D eigenvalue weighted by molar-refractivity contribution is 0.0690. The summed E-state index contributed by atoms with van der Waals surface area (Å²) in [5.41, 5.74) is 2.52. The van der Waals surface area contributed by atoms with Gasteiger partial charge in [0.2, 0.25) is 0 Å². The van der Waals surface area contributed by atoms with Gasteiger partial charge in [-0.3, -0.25) is 4.79 Å². The molecule has 25 heavy (non-hydrogen) atoms. The summed E-state index contributed by atoms with van der Waals surface area (Å²) < 4.78 is 1.83. The largest absolute Gasteiger partial charge is 0.339 e. The van der Waals surface area contributed by atoms with Crippen molar-refractivity contribution in [1.29, 1.82) is 0 Å². The first kappa shape index (κ1) is 18.0. The second kappa shape index (κ2) is 8.02. The second-order valence-electron chi connectivity index (χ2n) is 6.54.